The lowest BCUT2D eigenvalue weighted by Crippen LogP contribution is -2.20. The van der Waals surface area contributed by atoms with E-state index in [2.05, 4.69) is 15.0 Å². The minimum atomic E-state index is -0.556. The van der Waals surface area contributed by atoms with Crippen molar-refractivity contribution in [3.05, 3.63) is 45.6 Å². The Bertz CT molecular complexity index is 614. The molecule has 94 valence electrons. The van der Waals surface area contributed by atoms with E-state index in [1.165, 1.54) is 0 Å². The van der Waals surface area contributed by atoms with Gasteiger partial charge >= 0.3 is 5.69 Å². The second kappa shape index (κ2) is 5.05. The van der Waals surface area contributed by atoms with Gasteiger partial charge < -0.3 is 10.5 Å². The summed E-state index contributed by atoms with van der Waals surface area (Å²) < 4.78 is 5.59. The molecule has 0 amide bonds. The second-order valence-corrected chi connectivity index (χ2v) is 4.05. The molecule has 0 saturated carbocycles. The molecule has 1 heterocycles. The van der Waals surface area contributed by atoms with Crippen molar-refractivity contribution < 1.29 is 4.74 Å². The van der Waals surface area contributed by atoms with E-state index in [0.717, 1.165) is 0 Å². The molecule has 0 aliphatic carbocycles. The van der Waals surface area contributed by atoms with Gasteiger partial charge in [0.1, 0.15) is 5.75 Å². The van der Waals surface area contributed by atoms with Crippen LogP contribution in [0.2, 0.25) is 5.02 Å². The predicted octanol–water partition coefficient (Wildman–Crippen LogP) is 1.54. The molecule has 0 saturated heterocycles. The summed E-state index contributed by atoms with van der Waals surface area (Å²) in [6.07, 6.45) is -0.471. The molecule has 7 heteroatoms. The van der Waals surface area contributed by atoms with Gasteiger partial charge in [0, 0.05) is 5.02 Å². The average molecular weight is 267 g/mol. The lowest BCUT2D eigenvalue weighted by Gasteiger charge is -2.13. The molecule has 18 heavy (non-hydrogen) atoms. The normalized spacial score (nSPS) is 12.1. The first-order valence-corrected chi connectivity index (χ1v) is 5.58. The van der Waals surface area contributed by atoms with Crippen molar-refractivity contribution in [2.75, 3.05) is 5.73 Å². The zero-order chi connectivity index (χ0) is 13.1. The number of nitrogen functional groups attached to an aromatic ring is 1. The standard InChI is InChI=1S/C11H11ClN4O2/c1-6(9-14-10(13)16-11(17)15-9)18-8-4-2-3-7(12)5-8/h2-6H,1H3,(H3,13,14,15,16,17). The third-order valence-electron chi connectivity index (χ3n) is 2.18. The Morgan fingerprint density at radius 3 is 2.89 bits per heavy atom. The Hall–Kier alpha value is -2.08. The van der Waals surface area contributed by atoms with Gasteiger partial charge in [-0.3, -0.25) is 4.98 Å². The van der Waals surface area contributed by atoms with Gasteiger partial charge in [-0.15, -0.1) is 0 Å². The molecule has 1 atom stereocenters. The fraction of sp³-hybridized carbons (Fsp3) is 0.182. The van der Waals surface area contributed by atoms with E-state index in [0.29, 0.717) is 16.6 Å². The summed E-state index contributed by atoms with van der Waals surface area (Å²) in [6.45, 7) is 1.73. The van der Waals surface area contributed by atoms with Crippen LogP contribution in [-0.2, 0) is 0 Å². The van der Waals surface area contributed by atoms with Crippen molar-refractivity contribution in [1.82, 2.24) is 15.0 Å². The number of nitrogens with two attached hydrogens (primary N) is 1. The van der Waals surface area contributed by atoms with Crippen molar-refractivity contribution >= 4 is 17.5 Å². The van der Waals surface area contributed by atoms with Crippen LogP contribution in [0.5, 0.6) is 5.75 Å². The molecule has 0 aliphatic heterocycles. The number of aromatic amines is 1. The van der Waals surface area contributed by atoms with Gasteiger partial charge in [-0.05, 0) is 25.1 Å². The zero-order valence-electron chi connectivity index (χ0n) is 9.55. The molecule has 6 nitrogen and oxygen atoms in total. The molecule has 0 aliphatic rings. The van der Waals surface area contributed by atoms with Crippen LogP contribution in [0.3, 0.4) is 0 Å². The maximum absolute atomic E-state index is 11.2. The first kappa shape index (κ1) is 12.4. The average Bonchev–Trinajstić information content (AvgIpc) is 2.27. The summed E-state index contributed by atoms with van der Waals surface area (Å²) in [6, 6.07) is 6.93. The van der Waals surface area contributed by atoms with E-state index in [4.69, 9.17) is 22.1 Å². The number of hydrogen-bond acceptors (Lipinski definition) is 5. The van der Waals surface area contributed by atoms with Gasteiger partial charge in [-0.1, -0.05) is 17.7 Å². The van der Waals surface area contributed by atoms with E-state index < -0.39 is 11.8 Å². The molecule has 0 spiro atoms. The molecule has 3 N–H and O–H groups in total. The number of hydrogen-bond donors (Lipinski definition) is 2. The fourth-order valence-corrected chi connectivity index (χ4v) is 1.59. The van der Waals surface area contributed by atoms with E-state index in [1.54, 1.807) is 31.2 Å². The highest BCUT2D eigenvalue weighted by Crippen LogP contribution is 2.22. The number of nitrogens with zero attached hydrogens (tertiary/aromatic N) is 2. The number of halogens is 1. The quantitative estimate of drug-likeness (QED) is 0.879. The Kier molecular flexibility index (Phi) is 3.47. The fourth-order valence-electron chi connectivity index (χ4n) is 1.41. The number of anilines is 1. The number of aromatic nitrogens is 3. The summed E-state index contributed by atoms with van der Waals surface area (Å²) in [4.78, 5) is 20.9. The zero-order valence-corrected chi connectivity index (χ0v) is 10.3. The SMILES string of the molecule is CC(Oc1cccc(Cl)c1)c1nc(N)nc(=O)[nH]1. The monoisotopic (exact) mass is 266 g/mol. The number of rotatable bonds is 3. The van der Waals surface area contributed by atoms with Crippen LogP contribution in [0.1, 0.15) is 18.9 Å². The van der Waals surface area contributed by atoms with Crippen LogP contribution >= 0.6 is 11.6 Å². The molecule has 1 aromatic heterocycles. The summed E-state index contributed by atoms with van der Waals surface area (Å²) in [5.41, 5.74) is 4.84. The van der Waals surface area contributed by atoms with Crippen molar-refractivity contribution in [2.24, 2.45) is 0 Å². The maximum atomic E-state index is 11.2. The van der Waals surface area contributed by atoms with E-state index >= 15 is 0 Å². The second-order valence-electron chi connectivity index (χ2n) is 3.61. The molecule has 0 bridgehead atoms. The third kappa shape index (κ3) is 2.98. The predicted molar refractivity (Wildman–Crippen MR) is 67.6 cm³/mol. The molecular weight excluding hydrogens is 256 g/mol. The topological polar surface area (TPSA) is 93.9 Å². The number of benzene rings is 1. The summed E-state index contributed by atoms with van der Waals surface area (Å²) in [5.74, 6) is 0.802. The number of ether oxygens (including phenoxy) is 1. The van der Waals surface area contributed by atoms with Crippen molar-refractivity contribution in [2.45, 2.75) is 13.0 Å². The van der Waals surface area contributed by atoms with Crippen molar-refractivity contribution in [3.8, 4) is 5.75 Å². The highest BCUT2D eigenvalue weighted by Gasteiger charge is 2.11. The molecule has 0 fully saturated rings. The lowest BCUT2D eigenvalue weighted by atomic mass is 10.3. The first-order valence-electron chi connectivity index (χ1n) is 5.20. The van der Waals surface area contributed by atoms with Gasteiger partial charge in [-0.25, -0.2) is 4.79 Å². The smallest absolute Gasteiger partial charge is 0.349 e. The van der Waals surface area contributed by atoms with Gasteiger partial charge in [0.25, 0.3) is 0 Å². The van der Waals surface area contributed by atoms with E-state index in [1.807, 2.05) is 0 Å². The number of H-pyrrole nitrogens is 1. The molecule has 0 radical (unpaired) electrons. The summed E-state index contributed by atoms with van der Waals surface area (Å²) >= 11 is 5.84. The van der Waals surface area contributed by atoms with Crippen LogP contribution < -0.4 is 16.2 Å². The highest BCUT2D eigenvalue weighted by atomic mass is 35.5. The summed E-state index contributed by atoms with van der Waals surface area (Å²) in [7, 11) is 0. The minimum Gasteiger partial charge on any atom is -0.483 e. The van der Waals surface area contributed by atoms with Gasteiger partial charge in [0.2, 0.25) is 5.95 Å². The van der Waals surface area contributed by atoms with E-state index in [9.17, 15) is 4.79 Å². The Morgan fingerprint density at radius 1 is 1.44 bits per heavy atom. The molecule has 2 aromatic rings. The maximum Gasteiger partial charge on any atom is 0.349 e. The van der Waals surface area contributed by atoms with Gasteiger partial charge in [0.15, 0.2) is 11.9 Å². The number of nitrogens with one attached hydrogen (secondary N) is 1. The van der Waals surface area contributed by atoms with Gasteiger partial charge in [0.05, 0.1) is 0 Å². The van der Waals surface area contributed by atoms with Crippen LogP contribution in [0.15, 0.2) is 29.1 Å². The Balaban J connectivity index is 2.21. The molecule has 1 aromatic carbocycles. The van der Waals surface area contributed by atoms with Crippen LogP contribution in [0, 0.1) is 0 Å². The first-order chi connectivity index (χ1) is 8.54. The minimum absolute atomic E-state index is 0.0877. The third-order valence-corrected chi connectivity index (χ3v) is 2.42. The van der Waals surface area contributed by atoms with Crippen LogP contribution in [0.25, 0.3) is 0 Å². The Labute approximate surface area is 108 Å². The molecular formula is C11H11ClN4O2. The molecule has 2 rings (SSSR count). The largest absolute Gasteiger partial charge is 0.483 e. The van der Waals surface area contributed by atoms with Crippen LogP contribution in [0.4, 0.5) is 5.95 Å². The van der Waals surface area contributed by atoms with Gasteiger partial charge in [-0.2, -0.15) is 9.97 Å². The lowest BCUT2D eigenvalue weighted by molar-refractivity contribution is 0.216. The van der Waals surface area contributed by atoms with Crippen molar-refractivity contribution in [1.29, 1.82) is 0 Å². The highest BCUT2D eigenvalue weighted by molar-refractivity contribution is 6.30. The van der Waals surface area contributed by atoms with Crippen molar-refractivity contribution in [3.63, 3.8) is 0 Å². The van der Waals surface area contributed by atoms with E-state index in [-0.39, 0.29) is 5.95 Å². The summed E-state index contributed by atoms with van der Waals surface area (Å²) in [5, 5.41) is 0.565. The Morgan fingerprint density at radius 2 is 2.22 bits per heavy atom. The molecule has 1 unspecified atom stereocenters. The van der Waals surface area contributed by atoms with Crippen LogP contribution in [-0.4, -0.2) is 15.0 Å².